The molecule has 0 aliphatic carbocycles. The lowest BCUT2D eigenvalue weighted by Gasteiger charge is -2.33. The van der Waals surface area contributed by atoms with Gasteiger partial charge in [0.05, 0.1) is 6.07 Å². The molecule has 1 rings (SSSR count). The van der Waals surface area contributed by atoms with Crippen LogP contribution >= 0.6 is 0 Å². The number of hydrogen-bond donors (Lipinski definition) is 0. The number of ether oxygens (including phenoxy) is 1. The predicted molar refractivity (Wildman–Crippen MR) is 59.9 cm³/mol. The van der Waals surface area contributed by atoms with Crippen molar-refractivity contribution in [3.8, 4) is 6.07 Å². The average molecular weight is 237 g/mol. The average Bonchev–Trinajstić information content (AvgIpc) is 2.36. The van der Waals surface area contributed by atoms with Crippen LogP contribution in [0.2, 0.25) is 0 Å². The molecule has 0 atom stereocenters. The number of nitriles is 1. The van der Waals surface area contributed by atoms with Crippen LogP contribution in [0.1, 0.15) is 6.42 Å². The first-order valence-electron chi connectivity index (χ1n) is 5.36. The zero-order chi connectivity index (χ0) is 12.7. The van der Waals surface area contributed by atoms with Crippen LogP contribution in [-0.2, 0) is 9.53 Å². The quantitative estimate of drug-likeness (QED) is 0.664. The third-order valence-corrected chi connectivity index (χ3v) is 2.45. The smallest absolute Gasteiger partial charge is 0.410 e. The van der Waals surface area contributed by atoms with Crippen LogP contribution in [-0.4, -0.2) is 54.6 Å². The summed E-state index contributed by atoms with van der Waals surface area (Å²) < 4.78 is 4.89. The molecule has 6 heteroatoms. The maximum absolute atomic E-state index is 11.5. The fourth-order valence-corrected chi connectivity index (χ4v) is 1.54. The van der Waals surface area contributed by atoms with E-state index in [2.05, 4.69) is 6.58 Å². The van der Waals surface area contributed by atoms with Crippen molar-refractivity contribution in [1.82, 2.24) is 9.80 Å². The van der Waals surface area contributed by atoms with Gasteiger partial charge in [-0.25, -0.2) is 4.79 Å². The van der Waals surface area contributed by atoms with Crippen molar-refractivity contribution in [2.45, 2.75) is 6.42 Å². The van der Waals surface area contributed by atoms with Gasteiger partial charge < -0.3 is 14.5 Å². The van der Waals surface area contributed by atoms with Gasteiger partial charge in [0.15, 0.2) is 0 Å². The highest BCUT2D eigenvalue weighted by atomic mass is 16.6. The highest BCUT2D eigenvalue weighted by Crippen LogP contribution is 2.05. The number of nitrogens with zero attached hydrogens (tertiary/aromatic N) is 3. The van der Waals surface area contributed by atoms with Gasteiger partial charge in [-0.1, -0.05) is 12.7 Å². The molecule has 17 heavy (non-hydrogen) atoms. The van der Waals surface area contributed by atoms with Gasteiger partial charge in [0.25, 0.3) is 0 Å². The lowest BCUT2D eigenvalue weighted by Crippen LogP contribution is -2.50. The molecule has 1 aliphatic heterocycles. The predicted octanol–water partition coefficient (Wildman–Crippen LogP) is 0.367. The summed E-state index contributed by atoms with van der Waals surface area (Å²) in [5.41, 5.74) is 0. The first-order valence-corrected chi connectivity index (χ1v) is 5.36. The van der Waals surface area contributed by atoms with Crippen molar-refractivity contribution in [2.75, 3.05) is 32.8 Å². The molecular formula is C11H15N3O3. The van der Waals surface area contributed by atoms with E-state index in [1.165, 1.54) is 6.08 Å². The van der Waals surface area contributed by atoms with Gasteiger partial charge in [-0.15, -0.1) is 0 Å². The lowest BCUT2D eigenvalue weighted by molar-refractivity contribution is -0.131. The SMILES string of the molecule is C=CCOC(=O)N1CCN(C(=O)CC#N)CC1. The van der Waals surface area contributed by atoms with E-state index in [4.69, 9.17) is 10.00 Å². The minimum absolute atomic E-state index is 0.110. The number of rotatable bonds is 3. The van der Waals surface area contributed by atoms with E-state index in [1.807, 2.05) is 6.07 Å². The van der Waals surface area contributed by atoms with Crippen LogP contribution < -0.4 is 0 Å². The molecular weight excluding hydrogens is 222 g/mol. The maximum atomic E-state index is 11.5. The van der Waals surface area contributed by atoms with Gasteiger partial charge in [0.2, 0.25) is 5.91 Å². The normalized spacial score (nSPS) is 15.0. The van der Waals surface area contributed by atoms with E-state index in [1.54, 1.807) is 9.80 Å². The Labute approximate surface area is 100 Å². The van der Waals surface area contributed by atoms with Gasteiger partial charge in [-0.2, -0.15) is 5.26 Å². The van der Waals surface area contributed by atoms with Crippen LogP contribution in [0.25, 0.3) is 0 Å². The Bertz CT molecular complexity index is 340. The lowest BCUT2D eigenvalue weighted by atomic mass is 10.3. The highest BCUT2D eigenvalue weighted by Gasteiger charge is 2.24. The van der Waals surface area contributed by atoms with Crippen molar-refractivity contribution in [1.29, 1.82) is 5.26 Å². The molecule has 0 bridgehead atoms. The molecule has 1 saturated heterocycles. The fraction of sp³-hybridized carbons (Fsp3) is 0.545. The number of carbonyl (C=O) groups is 2. The molecule has 1 aliphatic rings. The highest BCUT2D eigenvalue weighted by molar-refractivity contribution is 5.78. The van der Waals surface area contributed by atoms with E-state index < -0.39 is 6.09 Å². The first-order chi connectivity index (χ1) is 8.19. The molecule has 92 valence electrons. The van der Waals surface area contributed by atoms with Crippen LogP contribution in [0.4, 0.5) is 4.79 Å². The summed E-state index contributed by atoms with van der Waals surface area (Å²) in [7, 11) is 0. The number of hydrogen-bond acceptors (Lipinski definition) is 4. The zero-order valence-corrected chi connectivity index (χ0v) is 9.59. The van der Waals surface area contributed by atoms with E-state index >= 15 is 0 Å². The Morgan fingerprint density at radius 3 is 2.41 bits per heavy atom. The number of piperazine rings is 1. The Hall–Kier alpha value is -2.03. The Kier molecular flexibility index (Phi) is 5.01. The maximum Gasteiger partial charge on any atom is 0.410 e. The summed E-state index contributed by atoms with van der Waals surface area (Å²) in [6, 6.07) is 1.82. The van der Waals surface area contributed by atoms with E-state index in [0.29, 0.717) is 26.2 Å². The largest absolute Gasteiger partial charge is 0.445 e. The van der Waals surface area contributed by atoms with E-state index in [9.17, 15) is 9.59 Å². The molecule has 0 aromatic carbocycles. The van der Waals surface area contributed by atoms with Gasteiger partial charge in [0.1, 0.15) is 13.0 Å². The van der Waals surface area contributed by atoms with Crippen LogP contribution in [0.3, 0.4) is 0 Å². The molecule has 0 aromatic heterocycles. The van der Waals surface area contributed by atoms with Crippen LogP contribution in [0, 0.1) is 11.3 Å². The molecule has 0 radical (unpaired) electrons. The summed E-state index contributed by atoms with van der Waals surface area (Å²) in [4.78, 5) is 26.0. The fourth-order valence-electron chi connectivity index (χ4n) is 1.54. The Balaban J connectivity index is 2.35. The molecule has 0 N–H and O–H groups in total. The van der Waals surface area contributed by atoms with E-state index in [0.717, 1.165) is 0 Å². The molecule has 6 nitrogen and oxygen atoms in total. The number of amides is 2. The van der Waals surface area contributed by atoms with E-state index in [-0.39, 0.29) is 18.9 Å². The second-order valence-electron chi connectivity index (χ2n) is 3.57. The van der Waals surface area contributed by atoms with Crippen molar-refractivity contribution in [3.05, 3.63) is 12.7 Å². The van der Waals surface area contributed by atoms with Crippen LogP contribution in [0.15, 0.2) is 12.7 Å². The Morgan fingerprint density at radius 2 is 1.88 bits per heavy atom. The van der Waals surface area contributed by atoms with Crippen molar-refractivity contribution in [3.63, 3.8) is 0 Å². The molecule has 2 amide bonds. The molecule has 0 saturated carbocycles. The third-order valence-electron chi connectivity index (χ3n) is 2.45. The minimum Gasteiger partial charge on any atom is -0.445 e. The monoisotopic (exact) mass is 237 g/mol. The molecule has 0 spiro atoms. The summed E-state index contributed by atoms with van der Waals surface area (Å²) >= 11 is 0. The molecule has 1 fully saturated rings. The van der Waals surface area contributed by atoms with Gasteiger partial charge >= 0.3 is 6.09 Å². The summed E-state index contributed by atoms with van der Waals surface area (Å²) in [5.74, 6) is -0.188. The molecule has 0 aromatic rings. The first kappa shape index (κ1) is 13.0. The van der Waals surface area contributed by atoms with Crippen LogP contribution in [0.5, 0.6) is 0 Å². The summed E-state index contributed by atoms with van der Waals surface area (Å²) in [6.07, 6.45) is 1.00. The molecule has 1 heterocycles. The summed E-state index contributed by atoms with van der Waals surface area (Å²) in [6.45, 7) is 5.41. The third kappa shape index (κ3) is 3.79. The second kappa shape index (κ2) is 6.53. The minimum atomic E-state index is -0.391. The summed E-state index contributed by atoms with van der Waals surface area (Å²) in [5, 5.41) is 8.41. The standard InChI is InChI=1S/C11H15N3O3/c1-2-9-17-11(16)14-7-5-13(6-8-14)10(15)3-4-12/h2H,1,3,5-9H2. The topological polar surface area (TPSA) is 73.6 Å². The zero-order valence-electron chi connectivity index (χ0n) is 9.59. The van der Waals surface area contributed by atoms with Gasteiger partial charge in [-0.05, 0) is 0 Å². The second-order valence-corrected chi connectivity index (χ2v) is 3.57. The van der Waals surface area contributed by atoms with Crippen molar-refractivity contribution >= 4 is 12.0 Å². The Morgan fingerprint density at radius 1 is 1.29 bits per heavy atom. The number of carbonyl (C=O) groups excluding carboxylic acids is 2. The van der Waals surface area contributed by atoms with Gasteiger partial charge in [0, 0.05) is 26.2 Å². The van der Waals surface area contributed by atoms with Gasteiger partial charge in [-0.3, -0.25) is 4.79 Å². The van der Waals surface area contributed by atoms with Crippen molar-refractivity contribution < 1.29 is 14.3 Å². The van der Waals surface area contributed by atoms with Crippen molar-refractivity contribution in [2.24, 2.45) is 0 Å². The molecule has 0 unspecified atom stereocenters.